The molecule has 0 saturated carbocycles. The second kappa shape index (κ2) is 7.13. The lowest BCUT2D eigenvalue weighted by Crippen LogP contribution is -2.01. The summed E-state index contributed by atoms with van der Waals surface area (Å²) in [5.41, 5.74) is 3.37. The number of aryl methyl sites for hydroxylation is 1. The van der Waals surface area contributed by atoms with E-state index in [1.807, 2.05) is 48.7 Å². The molecule has 0 aliphatic rings. The Bertz CT molecular complexity index is 865. The van der Waals surface area contributed by atoms with Gasteiger partial charge < -0.3 is 9.72 Å². The Labute approximate surface area is 140 Å². The van der Waals surface area contributed by atoms with E-state index in [2.05, 4.69) is 4.98 Å². The molecule has 3 aromatic rings. The number of aromatic amines is 1. The van der Waals surface area contributed by atoms with Crippen LogP contribution in [0.5, 0.6) is 0 Å². The van der Waals surface area contributed by atoms with Crippen molar-refractivity contribution in [3.05, 3.63) is 71.4 Å². The number of fused-ring (bicyclic) bond motifs is 1. The lowest BCUT2D eigenvalue weighted by atomic mass is 10.0. The summed E-state index contributed by atoms with van der Waals surface area (Å²) in [6, 6.07) is 14.8. The van der Waals surface area contributed by atoms with E-state index in [1.165, 1.54) is 7.11 Å². The normalized spacial score (nSPS) is 10.7. The van der Waals surface area contributed by atoms with E-state index in [0.717, 1.165) is 34.9 Å². The van der Waals surface area contributed by atoms with Crippen LogP contribution in [0.25, 0.3) is 10.9 Å². The molecular weight excluding hydrogens is 302 g/mol. The van der Waals surface area contributed by atoms with Gasteiger partial charge in [-0.1, -0.05) is 30.3 Å². The molecule has 0 bridgehead atoms. The molecule has 1 N–H and O–H groups in total. The molecule has 3 rings (SSSR count). The molecule has 1 aromatic heterocycles. The van der Waals surface area contributed by atoms with Gasteiger partial charge in [-0.3, -0.25) is 4.79 Å². The molecule has 0 saturated heterocycles. The maximum Gasteiger partial charge on any atom is 0.337 e. The van der Waals surface area contributed by atoms with Gasteiger partial charge >= 0.3 is 5.97 Å². The average molecular weight is 321 g/mol. The van der Waals surface area contributed by atoms with Crippen LogP contribution in [0.4, 0.5) is 0 Å². The molecule has 2 aromatic carbocycles. The number of Topliss-reactive ketones (excluding diaryl/α,β-unsaturated/α-hetero) is 1. The molecule has 0 aliphatic heterocycles. The Morgan fingerprint density at radius 1 is 1.04 bits per heavy atom. The Morgan fingerprint density at radius 2 is 1.83 bits per heavy atom. The predicted octanol–water partition coefficient (Wildman–Crippen LogP) is 4.16. The first kappa shape index (κ1) is 16.0. The van der Waals surface area contributed by atoms with Crippen molar-refractivity contribution >= 4 is 22.7 Å². The van der Waals surface area contributed by atoms with E-state index in [9.17, 15) is 9.59 Å². The highest BCUT2D eigenvalue weighted by Crippen LogP contribution is 2.22. The molecule has 0 radical (unpaired) electrons. The lowest BCUT2D eigenvalue weighted by molar-refractivity contribution is 0.0601. The van der Waals surface area contributed by atoms with Gasteiger partial charge in [-0.25, -0.2) is 4.79 Å². The number of H-pyrrole nitrogens is 1. The number of benzene rings is 2. The predicted molar refractivity (Wildman–Crippen MR) is 93.3 cm³/mol. The summed E-state index contributed by atoms with van der Waals surface area (Å²) in [4.78, 5) is 27.0. The number of methoxy groups -OCH3 is 1. The molecule has 122 valence electrons. The highest BCUT2D eigenvalue weighted by atomic mass is 16.5. The third-order valence-electron chi connectivity index (χ3n) is 4.13. The van der Waals surface area contributed by atoms with Crippen LogP contribution < -0.4 is 0 Å². The average Bonchev–Trinajstić information content (AvgIpc) is 3.04. The number of hydrogen-bond acceptors (Lipinski definition) is 3. The summed E-state index contributed by atoms with van der Waals surface area (Å²) in [6.45, 7) is 0. The number of nitrogens with one attached hydrogen (secondary N) is 1. The Balaban J connectivity index is 1.69. The first-order valence-corrected chi connectivity index (χ1v) is 7.95. The topological polar surface area (TPSA) is 59.2 Å². The molecule has 0 fully saturated rings. The van der Waals surface area contributed by atoms with Gasteiger partial charge in [-0.15, -0.1) is 0 Å². The first-order valence-electron chi connectivity index (χ1n) is 7.95. The van der Waals surface area contributed by atoms with E-state index >= 15 is 0 Å². The van der Waals surface area contributed by atoms with Crippen LogP contribution >= 0.6 is 0 Å². The van der Waals surface area contributed by atoms with Crippen molar-refractivity contribution in [1.29, 1.82) is 0 Å². The van der Waals surface area contributed by atoms with Crippen LogP contribution in [-0.2, 0) is 11.2 Å². The fraction of sp³-hybridized carbons (Fsp3) is 0.200. The molecule has 4 nitrogen and oxygen atoms in total. The van der Waals surface area contributed by atoms with E-state index < -0.39 is 0 Å². The number of ketones is 1. The third kappa shape index (κ3) is 3.38. The minimum atomic E-state index is -0.344. The molecule has 24 heavy (non-hydrogen) atoms. The monoisotopic (exact) mass is 321 g/mol. The first-order chi connectivity index (χ1) is 11.7. The van der Waals surface area contributed by atoms with Crippen molar-refractivity contribution in [2.24, 2.45) is 0 Å². The molecular formula is C20H19NO3. The number of rotatable bonds is 6. The highest BCUT2D eigenvalue weighted by molar-refractivity contribution is 5.96. The van der Waals surface area contributed by atoms with E-state index in [4.69, 9.17) is 4.74 Å². The van der Waals surface area contributed by atoms with E-state index in [0.29, 0.717) is 12.0 Å². The van der Waals surface area contributed by atoms with Crippen LogP contribution in [0.2, 0.25) is 0 Å². The largest absolute Gasteiger partial charge is 0.465 e. The maximum atomic E-state index is 12.2. The van der Waals surface area contributed by atoms with Crippen molar-refractivity contribution in [2.45, 2.75) is 19.3 Å². The minimum Gasteiger partial charge on any atom is -0.465 e. The summed E-state index contributed by atoms with van der Waals surface area (Å²) in [7, 11) is 1.37. The molecule has 0 spiro atoms. The van der Waals surface area contributed by atoms with Gasteiger partial charge in [0.15, 0.2) is 5.78 Å². The third-order valence-corrected chi connectivity index (χ3v) is 4.13. The molecule has 0 atom stereocenters. The van der Waals surface area contributed by atoms with Gasteiger partial charge in [-0.05, 0) is 36.6 Å². The molecule has 0 unspecified atom stereocenters. The van der Waals surface area contributed by atoms with Crippen molar-refractivity contribution < 1.29 is 14.3 Å². The van der Waals surface area contributed by atoms with Crippen molar-refractivity contribution in [3.8, 4) is 0 Å². The quantitative estimate of drug-likeness (QED) is 0.548. The zero-order chi connectivity index (χ0) is 16.9. The highest BCUT2D eigenvalue weighted by Gasteiger charge is 2.11. The fourth-order valence-corrected chi connectivity index (χ4v) is 2.84. The maximum absolute atomic E-state index is 12.2. The van der Waals surface area contributed by atoms with Gasteiger partial charge in [0.05, 0.1) is 12.7 Å². The molecule has 0 amide bonds. The van der Waals surface area contributed by atoms with Crippen molar-refractivity contribution in [3.63, 3.8) is 0 Å². The van der Waals surface area contributed by atoms with Crippen LogP contribution in [0.1, 0.15) is 39.1 Å². The Hall–Kier alpha value is -2.88. The van der Waals surface area contributed by atoms with Crippen LogP contribution in [0.15, 0.2) is 54.7 Å². The molecule has 4 heteroatoms. The number of ether oxygens (including phenoxy) is 1. The minimum absolute atomic E-state index is 0.158. The standard InChI is InChI=1S/C20H19NO3/c1-24-20(23)15-10-11-18-17(12-15)16(13-21-18)8-5-9-19(22)14-6-3-2-4-7-14/h2-4,6-7,10-13,21H,5,8-9H2,1H3. The second-order valence-electron chi connectivity index (χ2n) is 5.71. The summed E-state index contributed by atoms with van der Waals surface area (Å²) in [6.07, 6.45) is 4.00. The summed E-state index contributed by atoms with van der Waals surface area (Å²) in [5, 5.41) is 1.00. The summed E-state index contributed by atoms with van der Waals surface area (Å²) >= 11 is 0. The van der Waals surface area contributed by atoms with Gasteiger partial charge in [-0.2, -0.15) is 0 Å². The Kier molecular flexibility index (Phi) is 4.75. The number of aromatic nitrogens is 1. The van der Waals surface area contributed by atoms with E-state index in [1.54, 1.807) is 6.07 Å². The van der Waals surface area contributed by atoms with E-state index in [-0.39, 0.29) is 11.8 Å². The number of esters is 1. The van der Waals surface area contributed by atoms with Gasteiger partial charge in [0, 0.05) is 29.1 Å². The second-order valence-corrected chi connectivity index (χ2v) is 5.71. The number of hydrogen-bond donors (Lipinski definition) is 1. The van der Waals surface area contributed by atoms with Crippen molar-refractivity contribution in [2.75, 3.05) is 7.11 Å². The molecule has 1 heterocycles. The Morgan fingerprint density at radius 3 is 2.58 bits per heavy atom. The zero-order valence-electron chi connectivity index (χ0n) is 13.5. The fourth-order valence-electron chi connectivity index (χ4n) is 2.84. The zero-order valence-corrected chi connectivity index (χ0v) is 13.5. The SMILES string of the molecule is COC(=O)c1ccc2[nH]cc(CCCC(=O)c3ccccc3)c2c1. The summed E-state index contributed by atoms with van der Waals surface area (Å²) in [5.74, 6) is -0.186. The van der Waals surface area contributed by atoms with Gasteiger partial charge in [0.2, 0.25) is 0 Å². The van der Waals surface area contributed by atoms with Crippen LogP contribution in [-0.4, -0.2) is 23.8 Å². The summed E-state index contributed by atoms with van der Waals surface area (Å²) < 4.78 is 4.77. The number of carbonyl (C=O) groups excluding carboxylic acids is 2. The lowest BCUT2D eigenvalue weighted by Gasteiger charge is -2.03. The van der Waals surface area contributed by atoms with Crippen molar-refractivity contribution in [1.82, 2.24) is 4.98 Å². The van der Waals surface area contributed by atoms with Crippen LogP contribution in [0.3, 0.4) is 0 Å². The molecule has 0 aliphatic carbocycles. The number of carbonyl (C=O) groups is 2. The van der Waals surface area contributed by atoms with Gasteiger partial charge in [0.25, 0.3) is 0 Å². The smallest absolute Gasteiger partial charge is 0.337 e. The van der Waals surface area contributed by atoms with Crippen LogP contribution in [0, 0.1) is 0 Å². The van der Waals surface area contributed by atoms with Gasteiger partial charge in [0.1, 0.15) is 0 Å².